The van der Waals surface area contributed by atoms with Crippen LogP contribution in [0.2, 0.25) is 0 Å². The smallest absolute Gasteiger partial charge is 0.251 e. The summed E-state index contributed by atoms with van der Waals surface area (Å²) in [5.74, 6) is 5.25. The van der Waals surface area contributed by atoms with Crippen molar-refractivity contribution in [2.24, 2.45) is 0 Å². The van der Waals surface area contributed by atoms with Crippen LogP contribution in [0.25, 0.3) is 0 Å². The normalized spacial score (nSPS) is 11.4. The van der Waals surface area contributed by atoms with E-state index in [4.69, 9.17) is 9.84 Å². The summed E-state index contributed by atoms with van der Waals surface area (Å²) in [6.45, 7) is 4.18. The quantitative estimate of drug-likeness (QED) is 0.801. The zero-order valence-corrected chi connectivity index (χ0v) is 12.2. The van der Waals surface area contributed by atoms with Crippen LogP contribution in [-0.4, -0.2) is 37.4 Å². The van der Waals surface area contributed by atoms with Gasteiger partial charge in [-0.05, 0) is 31.0 Å². The van der Waals surface area contributed by atoms with Gasteiger partial charge >= 0.3 is 0 Å². The number of hydrogen-bond acceptors (Lipinski definition) is 3. The van der Waals surface area contributed by atoms with Crippen LogP contribution in [0.5, 0.6) is 0 Å². The molecule has 0 aliphatic carbocycles. The molecule has 0 spiro atoms. The zero-order chi connectivity index (χ0) is 15.0. The first-order valence-electron chi connectivity index (χ1n) is 6.62. The van der Waals surface area contributed by atoms with Gasteiger partial charge in [0.25, 0.3) is 5.91 Å². The summed E-state index contributed by atoms with van der Waals surface area (Å²) in [7, 11) is 1.62. The summed E-state index contributed by atoms with van der Waals surface area (Å²) < 4.78 is 5.07. The Bertz CT molecular complexity index is 514. The van der Waals surface area contributed by atoms with Crippen molar-refractivity contribution in [1.29, 1.82) is 0 Å². The molecule has 0 aliphatic heterocycles. The molecule has 0 fully saturated rings. The lowest BCUT2D eigenvalue weighted by Gasteiger charge is -2.16. The predicted molar refractivity (Wildman–Crippen MR) is 78.6 cm³/mol. The lowest BCUT2D eigenvalue weighted by molar-refractivity contribution is 0.0894. The molecule has 4 nitrogen and oxygen atoms in total. The van der Waals surface area contributed by atoms with E-state index in [9.17, 15) is 4.79 Å². The SMILES string of the molecule is CCC(COC)NC(=O)c1cc(C#CCO)ccc1C. The van der Waals surface area contributed by atoms with Crippen molar-refractivity contribution < 1.29 is 14.6 Å². The summed E-state index contributed by atoms with van der Waals surface area (Å²) in [5, 5.41) is 11.7. The number of benzene rings is 1. The largest absolute Gasteiger partial charge is 0.384 e. The standard InChI is InChI=1S/C16H21NO3/c1-4-14(11-20-3)17-16(19)15-10-13(6-5-9-18)8-7-12(15)2/h7-8,10,14,18H,4,9,11H2,1-3H3,(H,17,19). The minimum atomic E-state index is -0.193. The van der Waals surface area contributed by atoms with Crippen molar-refractivity contribution in [3.05, 3.63) is 34.9 Å². The van der Waals surface area contributed by atoms with Gasteiger partial charge < -0.3 is 15.2 Å². The van der Waals surface area contributed by atoms with Crippen LogP contribution in [0, 0.1) is 18.8 Å². The molecule has 20 heavy (non-hydrogen) atoms. The number of rotatable bonds is 5. The molecular weight excluding hydrogens is 254 g/mol. The van der Waals surface area contributed by atoms with Gasteiger partial charge in [-0.2, -0.15) is 0 Å². The first-order chi connectivity index (χ1) is 9.62. The van der Waals surface area contributed by atoms with Crippen LogP contribution < -0.4 is 5.32 Å². The van der Waals surface area contributed by atoms with E-state index in [0.29, 0.717) is 12.2 Å². The summed E-state index contributed by atoms with van der Waals surface area (Å²) in [6.07, 6.45) is 0.808. The number of aliphatic hydroxyl groups is 1. The number of aliphatic hydroxyl groups excluding tert-OH is 1. The molecule has 1 atom stereocenters. The molecule has 1 amide bonds. The number of amides is 1. The Balaban J connectivity index is 2.91. The van der Waals surface area contributed by atoms with Crippen LogP contribution in [0.1, 0.15) is 34.8 Å². The lowest BCUT2D eigenvalue weighted by Crippen LogP contribution is -2.37. The molecule has 0 aliphatic rings. The highest BCUT2D eigenvalue weighted by Gasteiger charge is 2.14. The molecule has 2 N–H and O–H groups in total. The molecule has 1 aromatic rings. The Hall–Kier alpha value is -1.83. The fourth-order valence-corrected chi connectivity index (χ4v) is 1.81. The molecule has 0 bridgehead atoms. The molecule has 0 saturated heterocycles. The van der Waals surface area contributed by atoms with Gasteiger partial charge in [0.2, 0.25) is 0 Å². The molecule has 4 heteroatoms. The first kappa shape index (κ1) is 16.2. The topological polar surface area (TPSA) is 58.6 Å². The number of carbonyl (C=O) groups is 1. The number of aryl methyl sites for hydroxylation is 1. The van der Waals surface area contributed by atoms with Crippen molar-refractivity contribution in [2.45, 2.75) is 26.3 Å². The number of methoxy groups -OCH3 is 1. The third-order valence-corrected chi connectivity index (χ3v) is 2.99. The van der Waals surface area contributed by atoms with Crippen LogP contribution in [0.4, 0.5) is 0 Å². The Morgan fingerprint density at radius 1 is 1.50 bits per heavy atom. The van der Waals surface area contributed by atoms with Crippen LogP contribution in [0.15, 0.2) is 18.2 Å². The molecule has 108 valence electrons. The van der Waals surface area contributed by atoms with Gasteiger partial charge in [0.1, 0.15) is 6.61 Å². The molecule has 0 saturated carbocycles. The highest BCUT2D eigenvalue weighted by atomic mass is 16.5. The van der Waals surface area contributed by atoms with Crippen molar-refractivity contribution >= 4 is 5.91 Å². The maximum Gasteiger partial charge on any atom is 0.251 e. The average Bonchev–Trinajstić information content (AvgIpc) is 2.45. The second-order valence-electron chi connectivity index (χ2n) is 4.52. The van der Waals surface area contributed by atoms with Gasteiger partial charge in [0.05, 0.1) is 12.6 Å². The van der Waals surface area contributed by atoms with E-state index in [1.165, 1.54) is 0 Å². The predicted octanol–water partition coefficient (Wildman–Crippen LogP) is 1.49. The van der Waals surface area contributed by atoms with E-state index in [2.05, 4.69) is 17.2 Å². The fraction of sp³-hybridized carbons (Fsp3) is 0.438. The first-order valence-corrected chi connectivity index (χ1v) is 6.62. The van der Waals surface area contributed by atoms with Crippen molar-refractivity contribution in [3.63, 3.8) is 0 Å². The van der Waals surface area contributed by atoms with Gasteiger partial charge in [0, 0.05) is 18.2 Å². The summed E-state index contributed by atoms with van der Waals surface area (Å²) >= 11 is 0. The molecule has 1 aromatic carbocycles. The maximum atomic E-state index is 12.3. The number of nitrogens with one attached hydrogen (secondary N) is 1. The zero-order valence-electron chi connectivity index (χ0n) is 12.2. The van der Waals surface area contributed by atoms with Crippen molar-refractivity contribution in [3.8, 4) is 11.8 Å². The third kappa shape index (κ3) is 4.69. The molecular formula is C16H21NO3. The Kier molecular flexibility index (Phi) is 6.78. The van der Waals surface area contributed by atoms with E-state index < -0.39 is 0 Å². The lowest BCUT2D eigenvalue weighted by atomic mass is 10.0. The van der Waals surface area contributed by atoms with E-state index in [1.807, 2.05) is 26.0 Å². The number of carbonyl (C=O) groups excluding carboxylic acids is 1. The maximum absolute atomic E-state index is 12.3. The Labute approximate surface area is 120 Å². The second kappa shape index (κ2) is 8.36. The summed E-state index contributed by atoms with van der Waals surface area (Å²) in [5.41, 5.74) is 2.21. The molecule has 0 aromatic heterocycles. The van der Waals surface area contributed by atoms with Gasteiger partial charge in [0.15, 0.2) is 0 Å². The van der Waals surface area contributed by atoms with Gasteiger partial charge in [-0.15, -0.1) is 0 Å². The minimum Gasteiger partial charge on any atom is -0.384 e. The van der Waals surface area contributed by atoms with Gasteiger partial charge in [-0.1, -0.05) is 24.8 Å². The molecule has 0 radical (unpaired) electrons. The molecule has 0 heterocycles. The van der Waals surface area contributed by atoms with Gasteiger partial charge in [-0.25, -0.2) is 0 Å². The van der Waals surface area contributed by atoms with Crippen molar-refractivity contribution in [1.82, 2.24) is 5.32 Å². The van der Waals surface area contributed by atoms with E-state index in [-0.39, 0.29) is 18.6 Å². The molecule has 1 rings (SSSR count). The third-order valence-electron chi connectivity index (χ3n) is 2.99. The van der Waals surface area contributed by atoms with Crippen LogP contribution in [-0.2, 0) is 4.74 Å². The van der Waals surface area contributed by atoms with Crippen LogP contribution in [0.3, 0.4) is 0 Å². The Morgan fingerprint density at radius 3 is 2.85 bits per heavy atom. The number of ether oxygens (including phenoxy) is 1. The fourth-order valence-electron chi connectivity index (χ4n) is 1.81. The highest BCUT2D eigenvalue weighted by Crippen LogP contribution is 2.11. The van der Waals surface area contributed by atoms with Crippen LogP contribution >= 0.6 is 0 Å². The van der Waals surface area contributed by atoms with Crippen molar-refractivity contribution in [2.75, 3.05) is 20.3 Å². The Morgan fingerprint density at radius 2 is 2.25 bits per heavy atom. The second-order valence-corrected chi connectivity index (χ2v) is 4.52. The minimum absolute atomic E-state index is 0.000850. The summed E-state index contributed by atoms with van der Waals surface area (Å²) in [6, 6.07) is 5.43. The summed E-state index contributed by atoms with van der Waals surface area (Å²) in [4.78, 5) is 12.3. The number of hydrogen-bond donors (Lipinski definition) is 2. The van der Waals surface area contributed by atoms with E-state index in [1.54, 1.807) is 13.2 Å². The molecule has 1 unspecified atom stereocenters. The van der Waals surface area contributed by atoms with Gasteiger partial charge in [-0.3, -0.25) is 4.79 Å². The highest BCUT2D eigenvalue weighted by molar-refractivity contribution is 5.96. The average molecular weight is 275 g/mol. The van der Waals surface area contributed by atoms with E-state index >= 15 is 0 Å². The monoisotopic (exact) mass is 275 g/mol. The van der Waals surface area contributed by atoms with E-state index in [0.717, 1.165) is 17.5 Å².